The Hall–Kier alpha value is -3.30. The van der Waals surface area contributed by atoms with E-state index in [0.29, 0.717) is 50.0 Å². The maximum Gasteiger partial charge on any atom is 0.203 e. The second-order valence-electron chi connectivity index (χ2n) is 12.7. The number of carbonyl (C=O) groups excluding carboxylic acids is 4. The molecular formula is C32H38O9. The Kier molecular flexibility index (Phi) is 7.06. The summed E-state index contributed by atoms with van der Waals surface area (Å²) in [6.45, 7) is 7.35. The van der Waals surface area contributed by atoms with E-state index in [1.807, 2.05) is 13.0 Å². The Labute approximate surface area is 238 Å². The van der Waals surface area contributed by atoms with Gasteiger partial charge in [-0.1, -0.05) is 26.8 Å². The summed E-state index contributed by atoms with van der Waals surface area (Å²) in [5, 5.41) is 45.8. The van der Waals surface area contributed by atoms with Crippen LogP contribution in [0.2, 0.25) is 0 Å². The molecule has 1 aromatic carbocycles. The number of ketones is 4. The van der Waals surface area contributed by atoms with E-state index in [4.69, 9.17) is 4.74 Å². The molecule has 9 nitrogen and oxygen atoms in total. The van der Waals surface area contributed by atoms with Crippen molar-refractivity contribution >= 4 is 28.9 Å². The molecule has 1 heterocycles. The number of phenols is 1. The molecule has 3 atom stereocenters. The average Bonchev–Trinajstić information content (AvgIpc) is 2.90. The van der Waals surface area contributed by atoms with Gasteiger partial charge in [-0.2, -0.15) is 0 Å². The van der Waals surface area contributed by atoms with Crippen molar-refractivity contribution in [2.24, 2.45) is 16.7 Å². The first-order valence-corrected chi connectivity index (χ1v) is 14.4. The molecule has 4 aliphatic rings. The number of aromatic hydroxyl groups is 1. The lowest BCUT2D eigenvalue weighted by molar-refractivity contribution is -0.165. The highest BCUT2D eigenvalue weighted by Crippen LogP contribution is 2.62. The lowest BCUT2D eigenvalue weighted by Gasteiger charge is -2.56. The first-order valence-electron chi connectivity index (χ1n) is 14.4. The quantitative estimate of drug-likeness (QED) is 0.376. The van der Waals surface area contributed by atoms with Crippen molar-refractivity contribution in [1.82, 2.24) is 0 Å². The number of allylic oxidation sites excluding steroid dienone is 1. The summed E-state index contributed by atoms with van der Waals surface area (Å²) in [7, 11) is 0. The van der Waals surface area contributed by atoms with Gasteiger partial charge in [0.2, 0.25) is 5.78 Å². The molecule has 0 amide bonds. The maximum atomic E-state index is 14.2. The Morgan fingerprint density at radius 3 is 2.32 bits per heavy atom. The van der Waals surface area contributed by atoms with Crippen molar-refractivity contribution in [3.05, 3.63) is 45.2 Å². The second kappa shape index (κ2) is 9.91. The van der Waals surface area contributed by atoms with Crippen molar-refractivity contribution in [1.29, 1.82) is 0 Å². The number of aliphatic hydroxyl groups is 3. The minimum atomic E-state index is -2.60. The SMILES string of the molecule is CCc1cc(CCC(=O)C2CCOCC2)c2c(c1O)C(O)=C1C(=O)[C@@]3(O)C(O)=C(C(C)=O)C(=O)C[C@@]3(C)C[C@@]1(C)C2. The third-order valence-electron chi connectivity index (χ3n) is 9.89. The van der Waals surface area contributed by atoms with E-state index in [9.17, 15) is 39.6 Å². The summed E-state index contributed by atoms with van der Waals surface area (Å²) in [4.78, 5) is 52.3. The van der Waals surface area contributed by atoms with E-state index in [1.54, 1.807) is 6.92 Å². The number of rotatable bonds is 6. The fourth-order valence-corrected chi connectivity index (χ4v) is 7.83. The Balaban J connectivity index is 1.64. The van der Waals surface area contributed by atoms with Gasteiger partial charge in [-0.05, 0) is 62.1 Å². The van der Waals surface area contributed by atoms with Gasteiger partial charge >= 0.3 is 0 Å². The zero-order chi connectivity index (χ0) is 30.1. The number of benzene rings is 1. The van der Waals surface area contributed by atoms with Gasteiger partial charge < -0.3 is 25.2 Å². The highest BCUT2D eigenvalue weighted by atomic mass is 16.5. The van der Waals surface area contributed by atoms with Crippen molar-refractivity contribution in [3.8, 4) is 5.75 Å². The number of phenolic OH excluding ortho intramolecular Hbond substituents is 1. The predicted octanol–water partition coefficient (Wildman–Crippen LogP) is 3.80. The van der Waals surface area contributed by atoms with Crippen LogP contribution in [0.3, 0.4) is 0 Å². The van der Waals surface area contributed by atoms with Gasteiger partial charge in [-0.25, -0.2) is 0 Å². The Morgan fingerprint density at radius 2 is 1.71 bits per heavy atom. The van der Waals surface area contributed by atoms with Gasteiger partial charge in [0.25, 0.3) is 0 Å². The van der Waals surface area contributed by atoms with Crippen LogP contribution in [0.5, 0.6) is 5.75 Å². The summed E-state index contributed by atoms with van der Waals surface area (Å²) in [6, 6.07) is 1.85. The fraction of sp³-hybridized carbons (Fsp3) is 0.562. The molecule has 1 aromatic rings. The molecule has 0 radical (unpaired) electrons. The van der Waals surface area contributed by atoms with Crippen LogP contribution < -0.4 is 0 Å². The average molecular weight is 567 g/mol. The lowest BCUT2D eigenvalue weighted by atomic mass is 9.47. The fourth-order valence-electron chi connectivity index (χ4n) is 7.83. The first kappa shape index (κ1) is 29.2. The molecule has 9 heteroatoms. The minimum absolute atomic E-state index is 0.0405. The molecule has 1 saturated carbocycles. The van der Waals surface area contributed by atoms with Crippen molar-refractivity contribution in [3.63, 3.8) is 0 Å². The predicted molar refractivity (Wildman–Crippen MR) is 148 cm³/mol. The van der Waals surface area contributed by atoms with Crippen LogP contribution in [0.25, 0.3) is 5.76 Å². The number of aryl methyl sites for hydroxylation is 2. The van der Waals surface area contributed by atoms with E-state index < -0.39 is 50.9 Å². The molecule has 4 N–H and O–H groups in total. The van der Waals surface area contributed by atoms with Crippen LogP contribution in [-0.2, 0) is 43.2 Å². The molecule has 3 aliphatic carbocycles. The Morgan fingerprint density at radius 1 is 1.05 bits per heavy atom. The van der Waals surface area contributed by atoms with Gasteiger partial charge in [-0.15, -0.1) is 0 Å². The van der Waals surface area contributed by atoms with Crippen LogP contribution >= 0.6 is 0 Å². The standard InChI is InChI=1S/C32H38O9/c1-5-17-12-19(6-7-21(34)18-8-10-41-11-9-18)20-13-30(3)15-31(4)14-22(35)23(16(2)33)28(38)32(31,40)29(39)25(30)27(37)24(20)26(17)36/h12,18,36-38,40H,5-11,13-15H2,1-4H3/t30-,31+,32+/m1/s1. The largest absolute Gasteiger partial charge is 0.508 e. The number of fused-ring (bicyclic) bond motifs is 3. The molecular weight excluding hydrogens is 528 g/mol. The van der Waals surface area contributed by atoms with Crippen LogP contribution in [0.15, 0.2) is 23.0 Å². The lowest BCUT2D eigenvalue weighted by Crippen LogP contribution is -2.65. The van der Waals surface area contributed by atoms with Crippen molar-refractivity contribution < 1.29 is 44.3 Å². The molecule has 0 spiro atoms. The molecule has 220 valence electrons. The van der Waals surface area contributed by atoms with Crippen LogP contribution in [0.4, 0.5) is 0 Å². The number of hydrogen-bond acceptors (Lipinski definition) is 9. The van der Waals surface area contributed by atoms with E-state index in [0.717, 1.165) is 12.5 Å². The number of ether oxygens (including phenoxy) is 1. The van der Waals surface area contributed by atoms with E-state index in [1.165, 1.54) is 6.92 Å². The summed E-state index contributed by atoms with van der Waals surface area (Å²) in [6.07, 6.45) is 2.40. The molecule has 5 rings (SSSR count). The summed E-state index contributed by atoms with van der Waals surface area (Å²) >= 11 is 0. The highest BCUT2D eigenvalue weighted by molar-refractivity contribution is 6.23. The van der Waals surface area contributed by atoms with Crippen LogP contribution in [0.1, 0.15) is 82.1 Å². The molecule has 0 unspecified atom stereocenters. The summed E-state index contributed by atoms with van der Waals surface area (Å²) < 4.78 is 5.38. The van der Waals surface area contributed by atoms with E-state index in [-0.39, 0.29) is 54.3 Å². The van der Waals surface area contributed by atoms with E-state index >= 15 is 0 Å². The van der Waals surface area contributed by atoms with Crippen LogP contribution in [0, 0.1) is 16.7 Å². The normalized spacial score (nSPS) is 30.2. The molecule has 1 aliphatic heterocycles. The number of carbonyl (C=O) groups is 4. The summed E-state index contributed by atoms with van der Waals surface area (Å²) in [5.41, 5.74) is -3.82. The molecule has 0 bridgehead atoms. The number of aliphatic hydroxyl groups excluding tert-OH is 2. The smallest absolute Gasteiger partial charge is 0.203 e. The van der Waals surface area contributed by atoms with Gasteiger partial charge in [0.1, 0.15) is 28.6 Å². The summed E-state index contributed by atoms with van der Waals surface area (Å²) in [5.74, 6) is -3.97. The first-order chi connectivity index (χ1) is 19.2. The zero-order valence-electron chi connectivity index (χ0n) is 24.1. The minimum Gasteiger partial charge on any atom is -0.508 e. The molecule has 2 fully saturated rings. The highest BCUT2D eigenvalue weighted by Gasteiger charge is 2.68. The zero-order valence-corrected chi connectivity index (χ0v) is 24.1. The third kappa shape index (κ3) is 4.19. The van der Waals surface area contributed by atoms with Gasteiger partial charge in [-0.3, -0.25) is 19.2 Å². The maximum absolute atomic E-state index is 14.2. The second-order valence-corrected chi connectivity index (χ2v) is 12.7. The van der Waals surface area contributed by atoms with Crippen molar-refractivity contribution in [2.75, 3.05) is 13.2 Å². The van der Waals surface area contributed by atoms with Gasteiger partial charge in [0.05, 0.1) is 5.56 Å². The van der Waals surface area contributed by atoms with Crippen molar-refractivity contribution in [2.45, 2.75) is 84.7 Å². The van der Waals surface area contributed by atoms with Gasteiger partial charge in [0.15, 0.2) is 17.2 Å². The van der Waals surface area contributed by atoms with Gasteiger partial charge in [0, 0.05) is 48.4 Å². The monoisotopic (exact) mass is 566 g/mol. The molecule has 41 heavy (non-hydrogen) atoms. The van der Waals surface area contributed by atoms with E-state index in [2.05, 4.69) is 0 Å². The number of hydrogen-bond donors (Lipinski definition) is 4. The number of Topliss-reactive ketones (excluding diaryl/α,β-unsaturated/α-hetero) is 4. The third-order valence-corrected chi connectivity index (χ3v) is 9.89. The molecule has 0 aromatic heterocycles. The topological polar surface area (TPSA) is 158 Å². The van der Waals surface area contributed by atoms with Crippen LogP contribution in [-0.4, -0.2) is 62.4 Å². The Bertz CT molecular complexity index is 1440. The molecule has 1 saturated heterocycles.